The second-order valence-electron chi connectivity index (χ2n) is 5.21. The Morgan fingerprint density at radius 1 is 0.895 bits per heavy atom. The molecule has 0 aliphatic carbocycles. The maximum atomic E-state index is 2.38. The molecule has 0 aliphatic rings. The monoisotopic (exact) mass is 268 g/mol. The maximum Gasteiger partial charge on any atom is -0.0113 e. The van der Waals surface area contributed by atoms with Gasteiger partial charge in [0.25, 0.3) is 0 Å². The van der Waals surface area contributed by atoms with Crippen molar-refractivity contribution in [3.05, 3.63) is 35.4 Å². The van der Waals surface area contributed by atoms with Crippen LogP contribution in [0.3, 0.4) is 0 Å². The van der Waals surface area contributed by atoms with Crippen LogP contribution in [-0.4, -0.2) is 0 Å². The van der Waals surface area contributed by atoms with E-state index in [-0.39, 0.29) is 29.7 Å². The van der Waals surface area contributed by atoms with Crippen molar-refractivity contribution >= 4 is 0 Å². The highest BCUT2D eigenvalue weighted by atomic mass is 14.3. The van der Waals surface area contributed by atoms with E-state index in [9.17, 15) is 0 Å². The van der Waals surface area contributed by atoms with Gasteiger partial charge in [-0.3, -0.25) is 0 Å². The molecule has 1 rings (SSSR count). The molecule has 0 spiro atoms. The molecule has 1 unspecified atom stereocenters. The van der Waals surface area contributed by atoms with Crippen LogP contribution in [-0.2, 0) is 0 Å². The summed E-state index contributed by atoms with van der Waals surface area (Å²) in [4.78, 5) is 0. The Hall–Kier alpha value is -0.780. The van der Waals surface area contributed by atoms with Gasteiger partial charge in [-0.2, -0.15) is 0 Å². The summed E-state index contributed by atoms with van der Waals surface area (Å²) in [7, 11) is 0. The lowest BCUT2D eigenvalue weighted by molar-refractivity contribution is 0.267. The molecular weight excluding hydrogens is 228 g/mol. The van der Waals surface area contributed by atoms with E-state index < -0.39 is 0 Å². The number of hydrogen-bond acceptors (Lipinski definition) is 0. The predicted octanol–water partition coefficient (Wildman–Crippen LogP) is 7.47. The molecule has 0 fully saturated rings. The lowest BCUT2D eigenvalue weighted by atomic mass is 9.72. The standard InChI is InChI=1S/C15H24.4CH4/c1-6-14(15(4,5)7-2)13-10-8-12(3)9-11-13;;;;/h8-11,14H,6-7H2,1-5H3;4*1H4. The minimum atomic E-state index is 0. The van der Waals surface area contributed by atoms with E-state index in [1.807, 2.05) is 0 Å². The van der Waals surface area contributed by atoms with Crippen molar-refractivity contribution in [2.45, 2.75) is 83.1 Å². The van der Waals surface area contributed by atoms with Gasteiger partial charge in [-0.25, -0.2) is 0 Å². The van der Waals surface area contributed by atoms with Crippen LogP contribution in [0, 0.1) is 12.3 Å². The summed E-state index contributed by atoms with van der Waals surface area (Å²) < 4.78 is 0. The van der Waals surface area contributed by atoms with E-state index in [2.05, 4.69) is 58.9 Å². The molecule has 1 aromatic rings. The molecule has 0 aliphatic heterocycles. The van der Waals surface area contributed by atoms with Gasteiger partial charge >= 0.3 is 0 Å². The molecule has 0 heterocycles. The van der Waals surface area contributed by atoms with Crippen molar-refractivity contribution in [1.82, 2.24) is 0 Å². The lowest BCUT2D eigenvalue weighted by Gasteiger charge is -2.33. The third kappa shape index (κ3) is 6.80. The SMILES string of the molecule is C.C.C.C.CCC(c1ccc(C)cc1)C(C)(C)CC. The zero-order chi connectivity index (χ0) is 11.5. The smallest absolute Gasteiger partial charge is 0.0113 e. The van der Waals surface area contributed by atoms with Gasteiger partial charge in [0.1, 0.15) is 0 Å². The third-order valence-corrected chi connectivity index (χ3v) is 3.74. The second-order valence-corrected chi connectivity index (χ2v) is 5.21. The lowest BCUT2D eigenvalue weighted by Crippen LogP contribution is -2.20. The van der Waals surface area contributed by atoms with Crippen LogP contribution in [0.2, 0.25) is 0 Å². The average Bonchev–Trinajstić information content (AvgIpc) is 2.22. The number of rotatable bonds is 4. The van der Waals surface area contributed by atoms with E-state index in [1.165, 1.54) is 24.0 Å². The van der Waals surface area contributed by atoms with Gasteiger partial charge in [0.2, 0.25) is 0 Å². The van der Waals surface area contributed by atoms with Crippen LogP contribution in [0.15, 0.2) is 24.3 Å². The number of benzene rings is 1. The van der Waals surface area contributed by atoms with Gasteiger partial charge < -0.3 is 0 Å². The van der Waals surface area contributed by atoms with E-state index in [4.69, 9.17) is 0 Å². The molecule has 0 bridgehead atoms. The fourth-order valence-electron chi connectivity index (χ4n) is 2.28. The molecule has 0 aromatic heterocycles. The molecule has 1 atom stereocenters. The molecular formula is C19H40. The first-order chi connectivity index (χ1) is 7.01. The Morgan fingerprint density at radius 2 is 1.32 bits per heavy atom. The minimum Gasteiger partial charge on any atom is -0.0776 e. The Kier molecular flexibility index (Phi) is 15.6. The molecule has 0 radical (unpaired) electrons. The summed E-state index contributed by atoms with van der Waals surface area (Å²) in [6.07, 6.45) is 2.46. The number of aryl methyl sites for hydroxylation is 1. The summed E-state index contributed by atoms with van der Waals surface area (Å²) in [5.41, 5.74) is 3.25. The van der Waals surface area contributed by atoms with Crippen molar-refractivity contribution < 1.29 is 0 Å². The first-order valence-electron chi connectivity index (χ1n) is 6.07. The molecule has 1 aromatic carbocycles. The molecule has 0 saturated heterocycles. The Labute approximate surface area is 124 Å². The highest BCUT2D eigenvalue weighted by Crippen LogP contribution is 2.40. The molecule has 0 heteroatoms. The van der Waals surface area contributed by atoms with Crippen LogP contribution < -0.4 is 0 Å². The summed E-state index contributed by atoms with van der Waals surface area (Å²) >= 11 is 0. The van der Waals surface area contributed by atoms with Gasteiger partial charge in [-0.15, -0.1) is 0 Å². The highest BCUT2D eigenvalue weighted by molar-refractivity contribution is 5.25. The quantitative estimate of drug-likeness (QED) is 0.531. The summed E-state index contributed by atoms with van der Waals surface area (Å²) in [6, 6.07) is 9.04. The normalized spacial score (nSPS) is 11.0. The molecule has 116 valence electrons. The fraction of sp³-hybridized carbons (Fsp3) is 0.684. The van der Waals surface area contributed by atoms with Crippen molar-refractivity contribution in [3.8, 4) is 0 Å². The third-order valence-electron chi connectivity index (χ3n) is 3.74. The second kappa shape index (κ2) is 11.1. The predicted molar refractivity (Wildman–Crippen MR) is 95.2 cm³/mol. The topological polar surface area (TPSA) is 0 Å². The van der Waals surface area contributed by atoms with Gasteiger partial charge in [-0.1, -0.05) is 93.7 Å². The zero-order valence-corrected chi connectivity index (χ0v) is 10.8. The van der Waals surface area contributed by atoms with Crippen LogP contribution in [0.25, 0.3) is 0 Å². The van der Waals surface area contributed by atoms with Crippen molar-refractivity contribution in [1.29, 1.82) is 0 Å². The Bertz CT molecular complexity index is 292. The van der Waals surface area contributed by atoms with Gasteiger partial charge in [0, 0.05) is 0 Å². The van der Waals surface area contributed by atoms with E-state index in [1.54, 1.807) is 0 Å². The van der Waals surface area contributed by atoms with E-state index in [0.29, 0.717) is 11.3 Å². The molecule has 0 saturated carbocycles. The fourth-order valence-corrected chi connectivity index (χ4v) is 2.28. The van der Waals surface area contributed by atoms with E-state index in [0.717, 1.165) is 0 Å². The van der Waals surface area contributed by atoms with Gasteiger partial charge in [0.15, 0.2) is 0 Å². The molecule has 0 N–H and O–H groups in total. The molecule has 0 amide bonds. The summed E-state index contributed by atoms with van der Waals surface area (Å²) in [5.74, 6) is 0.683. The van der Waals surface area contributed by atoms with Gasteiger partial charge in [0.05, 0.1) is 0 Å². The van der Waals surface area contributed by atoms with Crippen molar-refractivity contribution in [3.63, 3.8) is 0 Å². The molecule has 19 heavy (non-hydrogen) atoms. The average molecular weight is 269 g/mol. The van der Waals surface area contributed by atoms with Crippen molar-refractivity contribution in [2.75, 3.05) is 0 Å². The van der Waals surface area contributed by atoms with Crippen molar-refractivity contribution in [2.24, 2.45) is 5.41 Å². The van der Waals surface area contributed by atoms with E-state index >= 15 is 0 Å². The first kappa shape index (κ1) is 26.7. The van der Waals surface area contributed by atoms with Crippen LogP contribution in [0.4, 0.5) is 0 Å². The Morgan fingerprint density at radius 3 is 1.63 bits per heavy atom. The Balaban J connectivity index is -0.000000281. The van der Waals surface area contributed by atoms with Gasteiger partial charge in [-0.05, 0) is 30.2 Å². The molecule has 0 nitrogen and oxygen atoms in total. The van der Waals surface area contributed by atoms with Crippen LogP contribution in [0.5, 0.6) is 0 Å². The summed E-state index contributed by atoms with van der Waals surface area (Å²) in [5, 5.41) is 0. The largest absolute Gasteiger partial charge is 0.0776 e. The first-order valence-corrected chi connectivity index (χ1v) is 6.07. The van der Waals surface area contributed by atoms with Crippen LogP contribution >= 0.6 is 0 Å². The zero-order valence-electron chi connectivity index (χ0n) is 10.8. The van der Waals surface area contributed by atoms with Crippen LogP contribution in [0.1, 0.15) is 87.3 Å². The number of hydrogen-bond donors (Lipinski definition) is 0. The minimum absolute atomic E-state index is 0. The summed E-state index contributed by atoms with van der Waals surface area (Å²) in [6.45, 7) is 11.5. The maximum absolute atomic E-state index is 2.38. The highest BCUT2D eigenvalue weighted by Gasteiger charge is 2.27.